The van der Waals surface area contributed by atoms with E-state index in [0.717, 1.165) is 11.3 Å². The van der Waals surface area contributed by atoms with E-state index in [2.05, 4.69) is 10.6 Å². The average molecular weight is 429 g/mol. The molecular weight excluding hydrogens is 404 g/mol. The first-order valence-corrected chi connectivity index (χ1v) is 10.9. The van der Waals surface area contributed by atoms with Gasteiger partial charge in [0.15, 0.2) is 0 Å². The molecule has 0 bridgehead atoms. The van der Waals surface area contributed by atoms with E-state index >= 15 is 0 Å². The molecule has 0 aliphatic carbocycles. The maximum absolute atomic E-state index is 12.8. The molecule has 3 rings (SSSR count). The van der Waals surface area contributed by atoms with Crippen molar-refractivity contribution in [3.05, 3.63) is 59.7 Å². The topological polar surface area (TPSA) is 105 Å². The van der Waals surface area contributed by atoms with Crippen LogP contribution in [-0.2, 0) is 14.3 Å². The number of benzene rings is 2. The molecule has 1 aliphatic heterocycles. The maximum Gasteiger partial charge on any atom is 0.305 e. The Morgan fingerprint density at radius 2 is 1.97 bits per heavy atom. The Labute approximate surface area is 179 Å². The van der Waals surface area contributed by atoms with Crippen LogP contribution in [0.4, 0.5) is 5.69 Å². The molecule has 0 spiro atoms. The average Bonchev–Trinajstić information content (AvgIpc) is 3.28. The Kier molecular flexibility index (Phi) is 7.48. The minimum atomic E-state index is -1.01. The Balaban J connectivity index is 1.71. The second kappa shape index (κ2) is 10.3. The van der Waals surface area contributed by atoms with Crippen molar-refractivity contribution in [2.45, 2.75) is 36.3 Å². The number of anilines is 1. The lowest BCUT2D eigenvalue weighted by atomic mass is 10.0. The molecule has 7 nitrogen and oxygen atoms in total. The van der Waals surface area contributed by atoms with Crippen LogP contribution in [0.1, 0.15) is 41.2 Å². The summed E-state index contributed by atoms with van der Waals surface area (Å²) in [7, 11) is 0. The van der Waals surface area contributed by atoms with Crippen LogP contribution in [0, 0.1) is 0 Å². The highest BCUT2D eigenvalue weighted by Gasteiger charge is 2.24. The smallest absolute Gasteiger partial charge is 0.305 e. The molecule has 2 aromatic carbocycles. The number of thioether (sulfide) groups is 1. The standard InChI is InChI=1S/C22H24N2O5S/c1-30-17-9-7-14(8-10-17)18(13-20(25)26)24-21(27)15-4-2-5-16(12-15)23-22(28)19-6-3-11-29-19/h2,4-5,7-10,12,18-19H,3,6,11,13H2,1H3,(H,23,28)(H,24,27)(H,25,26)/t18-,19-/m0/s1. The van der Waals surface area contributed by atoms with Gasteiger partial charge in [-0.05, 0) is 55.0 Å². The third-order valence-electron chi connectivity index (χ3n) is 4.82. The second-order valence-corrected chi connectivity index (χ2v) is 7.85. The zero-order valence-electron chi connectivity index (χ0n) is 16.6. The number of carboxylic acid groups (broad SMARTS) is 1. The third-order valence-corrected chi connectivity index (χ3v) is 5.56. The molecule has 1 fully saturated rings. The van der Waals surface area contributed by atoms with Crippen molar-refractivity contribution in [3.8, 4) is 0 Å². The molecule has 3 N–H and O–H groups in total. The number of ether oxygens (including phenoxy) is 1. The summed E-state index contributed by atoms with van der Waals surface area (Å²) < 4.78 is 5.37. The van der Waals surface area contributed by atoms with Crippen molar-refractivity contribution in [2.75, 3.05) is 18.2 Å². The van der Waals surface area contributed by atoms with Crippen molar-refractivity contribution in [3.63, 3.8) is 0 Å². The Morgan fingerprint density at radius 3 is 2.60 bits per heavy atom. The molecule has 1 aliphatic rings. The fourth-order valence-electron chi connectivity index (χ4n) is 3.25. The summed E-state index contributed by atoms with van der Waals surface area (Å²) in [5.74, 6) is -1.65. The number of hydrogen-bond donors (Lipinski definition) is 3. The highest BCUT2D eigenvalue weighted by molar-refractivity contribution is 7.98. The second-order valence-electron chi connectivity index (χ2n) is 6.97. The molecule has 2 amide bonds. The van der Waals surface area contributed by atoms with Crippen LogP contribution in [0.2, 0.25) is 0 Å². The lowest BCUT2D eigenvalue weighted by molar-refractivity contribution is -0.137. The van der Waals surface area contributed by atoms with Crippen LogP contribution in [0.15, 0.2) is 53.4 Å². The van der Waals surface area contributed by atoms with Crippen LogP contribution < -0.4 is 10.6 Å². The first-order valence-electron chi connectivity index (χ1n) is 9.65. The molecule has 1 heterocycles. The molecule has 30 heavy (non-hydrogen) atoms. The van der Waals surface area contributed by atoms with Gasteiger partial charge in [-0.25, -0.2) is 0 Å². The predicted molar refractivity (Wildman–Crippen MR) is 115 cm³/mol. The number of aliphatic carboxylic acids is 1. The summed E-state index contributed by atoms with van der Waals surface area (Å²) in [6, 6.07) is 13.3. The van der Waals surface area contributed by atoms with Gasteiger partial charge in [0, 0.05) is 22.8 Å². The summed E-state index contributed by atoms with van der Waals surface area (Å²) in [6.45, 7) is 0.573. The largest absolute Gasteiger partial charge is 0.481 e. The van der Waals surface area contributed by atoms with E-state index in [4.69, 9.17) is 4.74 Å². The number of carboxylic acids is 1. The number of nitrogens with one attached hydrogen (secondary N) is 2. The molecule has 0 saturated carbocycles. The summed E-state index contributed by atoms with van der Waals surface area (Å²) >= 11 is 1.58. The highest BCUT2D eigenvalue weighted by atomic mass is 32.2. The molecule has 158 valence electrons. The van der Waals surface area contributed by atoms with Crippen LogP contribution in [0.3, 0.4) is 0 Å². The lowest BCUT2D eigenvalue weighted by Gasteiger charge is -2.18. The van der Waals surface area contributed by atoms with Gasteiger partial charge in [0.05, 0.1) is 12.5 Å². The van der Waals surface area contributed by atoms with Gasteiger partial charge in [-0.3, -0.25) is 14.4 Å². The molecule has 8 heteroatoms. The number of amides is 2. The maximum atomic E-state index is 12.8. The molecule has 2 aromatic rings. The number of carbonyl (C=O) groups is 3. The summed E-state index contributed by atoms with van der Waals surface area (Å²) in [5.41, 5.74) is 1.53. The van der Waals surface area contributed by atoms with Crippen LogP contribution in [-0.4, -0.2) is 41.9 Å². The molecule has 0 radical (unpaired) electrons. The zero-order valence-corrected chi connectivity index (χ0v) is 17.4. The van der Waals surface area contributed by atoms with E-state index < -0.39 is 24.0 Å². The van der Waals surface area contributed by atoms with Gasteiger partial charge < -0.3 is 20.5 Å². The van der Waals surface area contributed by atoms with Gasteiger partial charge in [0.1, 0.15) is 6.10 Å². The third kappa shape index (κ3) is 5.84. The fraction of sp³-hybridized carbons (Fsp3) is 0.318. The van der Waals surface area contributed by atoms with Crippen molar-refractivity contribution in [1.29, 1.82) is 0 Å². The van der Waals surface area contributed by atoms with Crippen molar-refractivity contribution in [2.24, 2.45) is 0 Å². The molecular formula is C22H24N2O5S. The molecule has 0 aromatic heterocycles. The van der Waals surface area contributed by atoms with Gasteiger partial charge in [-0.1, -0.05) is 18.2 Å². The van der Waals surface area contributed by atoms with Gasteiger partial charge in [0.2, 0.25) is 0 Å². The van der Waals surface area contributed by atoms with E-state index in [0.29, 0.717) is 29.8 Å². The molecule has 2 atom stereocenters. The van der Waals surface area contributed by atoms with Gasteiger partial charge in [-0.2, -0.15) is 0 Å². The number of carbonyl (C=O) groups excluding carboxylic acids is 2. The highest BCUT2D eigenvalue weighted by Crippen LogP contribution is 2.22. The van der Waals surface area contributed by atoms with E-state index in [-0.39, 0.29) is 12.3 Å². The normalized spacial score (nSPS) is 16.6. The minimum Gasteiger partial charge on any atom is -0.481 e. The van der Waals surface area contributed by atoms with E-state index in [9.17, 15) is 19.5 Å². The van der Waals surface area contributed by atoms with Crippen LogP contribution in [0.5, 0.6) is 0 Å². The van der Waals surface area contributed by atoms with Gasteiger partial charge in [0.25, 0.3) is 11.8 Å². The van der Waals surface area contributed by atoms with E-state index in [1.54, 1.807) is 36.0 Å². The quantitative estimate of drug-likeness (QED) is 0.556. The van der Waals surface area contributed by atoms with Crippen LogP contribution in [0.25, 0.3) is 0 Å². The summed E-state index contributed by atoms with van der Waals surface area (Å²) in [4.78, 5) is 37.4. The number of rotatable bonds is 8. The van der Waals surface area contributed by atoms with E-state index in [1.165, 1.54) is 0 Å². The zero-order chi connectivity index (χ0) is 21.5. The van der Waals surface area contributed by atoms with Crippen molar-refractivity contribution >= 4 is 35.2 Å². The molecule has 1 saturated heterocycles. The first kappa shape index (κ1) is 21.9. The summed E-state index contributed by atoms with van der Waals surface area (Å²) in [5, 5.41) is 14.8. The fourth-order valence-corrected chi connectivity index (χ4v) is 3.66. The van der Waals surface area contributed by atoms with E-state index in [1.807, 2.05) is 30.5 Å². The minimum absolute atomic E-state index is 0.234. The van der Waals surface area contributed by atoms with Crippen molar-refractivity contribution < 1.29 is 24.2 Å². The molecule has 0 unspecified atom stereocenters. The first-order chi connectivity index (χ1) is 14.5. The van der Waals surface area contributed by atoms with Crippen molar-refractivity contribution in [1.82, 2.24) is 5.32 Å². The van der Waals surface area contributed by atoms with Crippen LogP contribution >= 0.6 is 11.8 Å². The number of hydrogen-bond acceptors (Lipinski definition) is 5. The van der Waals surface area contributed by atoms with Gasteiger partial charge in [-0.15, -0.1) is 11.8 Å². The lowest BCUT2D eigenvalue weighted by Crippen LogP contribution is -2.30. The SMILES string of the molecule is CSc1ccc([C@H](CC(=O)O)NC(=O)c2cccc(NC(=O)[C@@H]3CCCO3)c2)cc1. The monoisotopic (exact) mass is 428 g/mol. The predicted octanol–water partition coefficient (Wildman–Crippen LogP) is 3.47. The Morgan fingerprint density at radius 1 is 1.20 bits per heavy atom. The van der Waals surface area contributed by atoms with Gasteiger partial charge >= 0.3 is 5.97 Å². The Bertz CT molecular complexity index is 910. The summed E-state index contributed by atoms with van der Waals surface area (Å²) in [6.07, 6.45) is 2.78. The Hall–Kier alpha value is -2.84.